The molecule has 0 bridgehead atoms. The second-order valence-electron chi connectivity index (χ2n) is 7.10. The van der Waals surface area contributed by atoms with Crippen LogP contribution in [0.5, 0.6) is 0 Å². The van der Waals surface area contributed by atoms with Crippen LogP contribution < -0.4 is 11.1 Å². The summed E-state index contributed by atoms with van der Waals surface area (Å²) in [5, 5.41) is 2.61. The Kier molecular flexibility index (Phi) is 7.67. The summed E-state index contributed by atoms with van der Waals surface area (Å²) >= 11 is 0. The largest absolute Gasteiger partial charge is 0.368 e. The van der Waals surface area contributed by atoms with Crippen LogP contribution in [-0.4, -0.2) is 30.2 Å². The fraction of sp³-hybridized carbons (Fsp3) is 0.160. The number of carbonyl (C=O) groups is 3. The molecule has 0 unspecified atom stereocenters. The van der Waals surface area contributed by atoms with Crippen molar-refractivity contribution < 1.29 is 19.1 Å². The van der Waals surface area contributed by atoms with Crippen LogP contribution in [0.1, 0.15) is 27.0 Å². The van der Waals surface area contributed by atoms with Gasteiger partial charge in [0.25, 0.3) is 0 Å². The van der Waals surface area contributed by atoms with Gasteiger partial charge in [-0.1, -0.05) is 84.9 Å². The van der Waals surface area contributed by atoms with Gasteiger partial charge in [0, 0.05) is 17.5 Å². The van der Waals surface area contributed by atoms with Crippen molar-refractivity contribution in [3.8, 4) is 0 Å². The van der Waals surface area contributed by atoms with Crippen molar-refractivity contribution >= 4 is 17.6 Å². The lowest BCUT2D eigenvalue weighted by Crippen LogP contribution is -2.47. The van der Waals surface area contributed by atoms with Gasteiger partial charge in [-0.2, -0.15) is 0 Å². The monoisotopic (exact) mass is 416 g/mol. The molecule has 0 radical (unpaired) electrons. The molecule has 1 atom stereocenters. The SMILES string of the molecule is NC(=O)[C@H](Cc1ccc(C(=O)c2ccccc2)cc1)NC(=O)COCc1ccccc1. The van der Waals surface area contributed by atoms with Crippen LogP contribution in [0.2, 0.25) is 0 Å². The number of nitrogens with two attached hydrogens (primary N) is 1. The molecule has 2 amide bonds. The number of hydrogen-bond donors (Lipinski definition) is 2. The minimum absolute atomic E-state index is 0.0810. The first-order valence-electron chi connectivity index (χ1n) is 9.92. The first-order valence-corrected chi connectivity index (χ1v) is 9.92. The van der Waals surface area contributed by atoms with E-state index in [9.17, 15) is 14.4 Å². The van der Waals surface area contributed by atoms with Gasteiger partial charge >= 0.3 is 0 Å². The third-order valence-corrected chi connectivity index (χ3v) is 4.72. The predicted molar refractivity (Wildman–Crippen MR) is 117 cm³/mol. The van der Waals surface area contributed by atoms with Gasteiger partial charge in [-0.15, -0.1) is 0 Å². The molecule has 6 heteroatoms. The van der Waals surface area contributed by atoms with E-state index < -0.39 is 17.9 Å². The zero-order chi connectivity index (χ0) is 22.1. The number of ether oxygens (including phenoxy) is 1. The average Bonchev–Trinajstić information content (AvgIpc) is 2.80. The lowest BCUT2D eigenvalue weighted by atomic mass is 9.99. The van der Waals surface area contributed by atoms with E-state index in [0.29, 0.717) is 17.7 Å². The average molecular weight is 416 g/mol. The topological polar surface area (TPSA) is 98.5 Å². The molecule has 0 heterocycles. The van der Waals surface area contributed by atoms with Crippen molar-refractivity contribution in [3.05, 3.63) is 107 Å². The molecule has 0 aromatic heterocycles. The number of hydrogen-bond acceptors (Lipinski definition) is 4. The van der Waals surface area contributed by atoms with Gasteiger partial charge < -0.3 is 15.8 Å². The summed E-state index contributed by atoms with van der Waals surface area (Å²) in [7, 11) is 0. The zero-order valence-electron chi connectivity index (χ0n) is 17.0. The molecule has 0 saturated carbocycles. The first-order chi connectivity index (χ1) is 15.0. The Morgan fingerprint density at radius 2 is 1.35 bits per heavy atom. The molecule has 0 aliphatic heterocycles. The van der Waals surface area contributed by atoms with E-state index >= 15 is 0 Å². The number of benzene rings is 3. The molecule has 0 fully saturated rings. The summed E-state index contributed by atoms with van der Waals surface area (Å²) in [5.74, 6) is -1.14. The highest BCUT2D eigenvalue weighted by molar-refractivity contribution is 6.08. The van der Waals surface area contributed by atoms with Gasteiger partial charge in [0.15, 0.2) is 5.78 Å². The standard InChI is InChI=1S/C25H24N2O4/c26-25(30)22(27-23(28)17-31-16-19-7-3-1-4-8-19)15-18-11-13-21(14-12-18)24(29)20-9-5-2-6-10-20/h1-14,22H,15-17H2,(H2,26,30)(H,27,28)/t22-/m0/s1. The van der Waals surface area contributed by atoms with Crippen molar-refractivity contribution in [1.82, 2.24) is 5.32 Å². The maximum atomic E-state index is 12.5. The number of rotatable bonds is 10. The second-order valence-corrected chi connectivity index (χ2v) is 7.10. The van der Waals surface area contributed by atoms with Crippen molar-refractivity contribution in [1.29, 1.82) is 0 Å². The third kappa shape index (κ3) is 6.62. The van der Waals surface area contributed by atoms with Gasteiger partial charge in [-0.05, 0) is 11.1 Å². The summed E-state index contributed by atoms with van der Waals surface area (Å²) in [6, 6.07) is 24.5. The summed E-state index contributed by atoms with van der Waals surface area (Å²) in [6.07, 6.45) is 0.222. The fourth-order valence-corrected chi connectivity index (χ4v) is 3.08. The Morgan fingerprint density at radius 1 is 0.774 bits per heavy atom. The molecular weight excluding hydrogens is 392 g/mol. The molecule has 0 saturated heterocycles. The number of amides is 2. The van der Waals surface area contributed by atoms with Crippen LogP contribution in [0.15, 0.2) is 84.9 Å². The van der Waals surface area contributed by atoms with Crippen LogP contribution in [0.3, 0.4) is 0 Å². The molecule has 158 valence electrons. The van der Waals surface area contributed by atoms with E-state index in [4.69, 9.17) is 10.5 Å². The van der Waals surface area contributed by atoms with Crippen LogP contribution in [0.25, 0.3) is 0 Å². The van der Waals surface area contributed by atoms with Gasteiger partial charge in [0.2, 0.25) is 11.8 Å². The smallest absolute Gasteiger partial charge is 0.246 e. The molecule has 3 N–H and O–H groups in total. The van der Waals surface area contributed by atoms with E-state index in [2.05, 4.69) is 5.32 Å². The Bertz CT molecular complexity index is 1020. The van der Waals surface area contributed by atoms with Crippen LogP contribution in [0, 0.1) is 0 Å². The van der Waals surface area contributed by atoms with E-state index in [0.717, 1.165) is 11.1 Å². The maximum Gasteiger partial charge on any atom is 0.246 e. The van der Waals surface area contributed by atoms with Crippen LogP contribution >= 0.6 is 0 Å². The van der Waals surface area contributed by atoms with Crippen molar-refractivity contribution in [2.45, 2.75) is 19.1 Å². The van der Waals surface area contributed by atoms with Crippen molar-refractivity contribution in [3.63, 3.8) is 0 Å². The molecule has 31 heavy (non-hydrogen) atoms. The number of nitrogens with one attached hydrogen (secondary N) is 1. The van der Waals surface area contributed by atoms with Gasteiger partial charge in [0.05, 0.1) is 6.61 Å². The van der Waals surface area contributed by atoms with Gasteiger partial charge in [-0.3, -0.25) is 14.4 Å². The van der Waals surface area contributed by atoms with Gasteiger partial charge in [-0.25, -0.2) is 0 Å². The lowest BCUT2D eigenvalue weighted by Gasteiger charge is -2.16. The Balaban J connectivity index is 1.54. The first kappa shape index (κ1) is 21.9. The molecule has 0 aliphatic carbocycles. The molecule has 3 rings (SSSR count). The van der Waals surface area contributed by atoms with E-state index in [1.54, 1.807) is 36.4 Å². The number of carbonyl (C=O) groups excluding carboxylic acids is 3. The predicted octanol–water partition coefficient (Wildman–Crippen LogP) is 2.65. The maximum absolute atomic E-state index is 12.5. The van der Waals surface area contributed by atoms with Crippen molar-refractivity contribution in [2.75, 3.05) is 6.61 Å². The zero-order valence-corrected chi connectivity index (χ0v) is 17.0. The van der Waals surface area contributed by atoms with E-state index in [-0.39, 0.29) is 18.8 Å². The molecular formula is C25H24N2O4. The third-order valence-electron chi connectivity index (χ3n) is 4.72. The molecule has 6 nitrogen and oxygen atoms in total. The summed E-state index contributed by atoms with van der Waals surface area (Å²) in [5.41, 5.74) is 8.34. The number of primary amides is 1. The van der Waals surface area contributed by atoms with E-state index in [1.165, 1.54) is 0 Å². The van der Waals surface area contributed by atoms with Gasteiger partial charge in [0.1, 0.15) is 12.6 Å². The molecule has 3 aromatic rings. The fourth-order valence-electron chi connectivity index (χ4n) is 3.08. The quantitative estimate of drug-likeness (QED) is 0.497. The lowest BCUT2D eigenvalue weighted by molar-refractivity contribution is -0.130. The Morgan fingerprint density at radius 3 is 1.97 bits per heavy atom. The van der Waals surface area contributed by atoms with Crippen LogP contribution in [0.4, 0.5) is 0 Å². The number of ketones is 1. The summed E-state index contributed by atoms with van der Waals surface area (Å²) < 4.78 is 5.39. The highest BCUT2D eigenvalue weighted by atomic mass is 16.5. The highest BCUT2D eigenvalue weighted by Gasteiger charge is 2.19. The molecule has 0 spiro atoms. The Hall–Kier alpha value is -3.77. The summed E-state index contributed by atoms with van der Waals surface area (Å²) in [6.45, 7) is 0.121. The molecule has 3 aromatic carbocycles. The normalized spacial score (nSPS) is 11.5. The minimum atomic E-state index is -0.872. The summed E-state index contributed by atoms with van der Waals surface area (Å²) in [4.78, 5) is 36.4. The van der Waals surface area contributed by atoms with Crippen molar-refractivity contribution in [2.24, 2.45) is 5.73 Å². The second kappa shape index (κ2) is 10.8. The minimum Gasteiger partial charge on any atom is -0.368 e. The highest BCUT2D eigenvalue weighted by Crippen LogP contribution is 2.12. The van der Waals surface area contributed by atoms with Crippen LogP contribution in [-0.2, 0) is 27.4 Å². The van der Waals surface area contributed by atoms with E-state index in [1.807, 2.05) is 48.5 Å². The molecule has 0 aliphatic rings. The Labute approximate surface area is 181 Å².